The van der Waals surface area contributed by atoms with Crippen LogP contribution in [0.15, 0.2) is 47.5 Å². The first-order chi connectivity index (χ1) is 13.5. The van der Waals surface area contributed by atoms with E-state index in [1.54, 1.807) is 41.9 Å². The number of imidazole rings is 1. The molecule has 1 unspecified atom stereocenters. The molecule has 4 rings (SSSR count). The van der Waals surface area contributed by atoms with E-state index in [1.807, 2.05) is 12.1 Å². The molecule has 0 radical (unpaired) electrons. The molecular formula is C20H24N4O3S. The van der Waals surface area contributed by atoms with E-state index in [-0.39, 0.29) is 11.9 Å². The van der Waals surface area contributed by atoms with Gasteiger partial charge in [-0.05, 0) is 44.6 Å². The SMILES string of the molecule is CCS(=O)(=O)c1ccc(-c2cnc3ccc(OC4CCCN(C)C4)nn23)cc1. The number of likely N-dealkylation sites (N-methyl/N-ethyl adjacent to an activating group) is 1. The number of piperidine rings is 1. The first-order valence-electron chi connectivity index (χ1n) is 9.49. The van der Waals surface area contributed by atoms with Crippen molar-refractivity contribution in [2.24, 2.45) is 0 Å². The van der Waals surface area contributed by atoms with Gasteiger partial charge in [-0.3, -0.25) is 0 Å². The number of hydrogen-bond acceptors (Lipinski definition) is 6. The summed E-state index contributed by atoms with van der Waals surface area (Å²) in [4.78, 5) is 6.99. The minimum Gasteiger partial charge on any atom is -0.472 e. The van der Waals surface area contributed by atoms with E-state index < -0.39 is 9.84 Å². The van der Waals surface area contributed by atoms with Crippen molar-refractivity contribution >= 4 is 15.5 Å². The maximum Gasteiger partial charge on any atom is 0.232 e. The molecule has 7 nitrogen and oxygen atoms in total. The van der Waals surface area contributed by atoms with Gasteiger partial charge in [0.25, 0.3) is 0 Å². The summed E-state index contributed by atoms with van der Waals surface area (Å²) in [6, 6.07) is 10.6. The summed E-state index contributed by atoms with van der Waals surface area (Å²) in [6.45, 7) is 3.63. The smallest absolute Gasteiger partial charge is 0.232 e. The van der Waals surface area contributed by atoms with Crippen LogP contribution in [0.4, 0.5) is 0 Å². The first-order valence-corrected chi connectivity index (χ1v) is 11.1. The molecule has 1 aliphatic rings. The molecule has 0 spiro atoms. The molecule has 3 aromatic rings. The van der Waals surface area contributed by atoms with E-state index in [1.165, 1.54) is 0 Å². The van der Waals surface area contributed by atoms with E-state index >= 15 is 0 Å². The molecular weight excluding hydrogens is 376 g/mol. The quantitative estimate of drug-likeness (QED) is 0.655. The van der Waals surface area contributed by atoms with Crippen molar-refractivity contribution in [2.75, 3.05) is 25.9 Å². The molecule has 0 saturated carbocycles. The van der Waals surface area contributed by atoms with Crippen LogP contribution in [0.1, 0.15) is 19.8 Å². The highest BCUT2D eigenvalue weighted by molar-refractivity contribution is 7.91. The molecule has 1 aliphatic heterocycles. The van der Waals surface area contributed by atoms with Crippen LogP contribution in [0.25, 0.3) is 16.9 Å². The third-order valence-corrected chi connectivity index (χ3v) is 6.85. The fourth-order valence-electron chi connectivity index (χ4n) is 3.50. The monoisotopic (exact) mass is 400 g/mol. The zero-order chi connectivity index (χ0) is 19.7. The standard InChI is InChI=1S/C20H24N4O3S/c1-3-28(25,26)17-8-6-15(7-9-17)18-13-21-19-10-11-20(22-24(18)19)27-16-5-4-12-23(2)14-16/h6-11,13,16H,3-5,12,14H2,1-2H3. The summed E-state index contributed by atoms with van der Waals surface area (Å²) >= 11 is 0. The fraction of sp³-hybridized carbons (Fsp3) is 0.400. The van der Waals surface area contributed by atoms with Gasteiger partial charge in [0, 0.05) is 18.2 Å². The summed E-state index contributed by atoms with van der Waals surface area (Å²) in [5.41, 5.74) is 2.36. The van der Waals surface area contributed by atoms with Crippen LogP contribution in [0.5, 0.6) is 5.88 Å². The van der Waals surface area contributed by atoms with Crippen molar-refractivity contribution in [3.8, 4) is 17.1 Å². The zero-order valence-electron chi connectivity index (χ0n) is 16.1. The maximum absolute atomic E-state index is 12.0. The molecule has 1 aromatic carbocycles. The summed E-state index contributed by atoms with van der Waals surface area (Å²) in [5, 5.41) is 4.61. The Morgan fingerprint density at radius 2 is 1.96 bits per heavy atom. The number of aromatic nitrogens is 3. The van der Waals surface area contributed by atoms with Gasteiger partial charge in [0.2, 0.25) is 5.88 Å². The summed E-state index contributed by atoms with van der Waals surface area (Å²) in [6.07, 6.45) is 4.01. The van der Waals surface area contributed by atoms with Gasteiger partial charge in [0.1, 0.15) is 6.10 Å². The van der Waals surface area contributed by atoms with Gasteiger partial charge in [0.15, 0.2) is 15.5 Å². The molecule has 2 aromatic heterocycles. The van der Waals surface area contributed by atoms with Gasteiger partial charge in [0.05, 0.1) is 22.5 Å². The van der Waals surface area contributed by atoms with Crippen LogP contribution in [-0.4, -0.2) is 59.9 Å². The van der Waals surface area contributed by atoms with Crippen LogP contribution >= 0.6 is 0 Å². The number of likely N-dealkylation sites (tertiary alicyclic amines) is 1. The molecule has 0 amide bonds. The largest absolute Gasteiger partial charge is 0.472 e. The van der Waals surface area contributed by atoms with Crippen molar-refractivity contribution in [1.82, 2.24) is 19.5 Å². The molecule has 0 aliphatic carbocycles. The lowest BCUT2D eigenvalue weighted by atomic mass is 10.1. The predicted molar refractivity (Wildman–Crippen MR) is 107 cm³/mol. The third-order valence-electron chi connectivity index (χ3n) is 5.10. The number of benzene rings is 1. The zero-order valence-corrected chi connectivity index (χ0v) is 16.9. The number of ether oxygens (including phenoxy) is 1. The van der Waals surface area contributed by atoms with E-state index in [0.717, 1.165) is 37.2 Å². The summed E-state index contributed by atoms with van der Waals surface area (Å²) in [5.74, 6) is 0.651. The molecule has 0 bridgehead atoms. The lowest BCUT2D eigenvalue weighted by Crippen LogP contribution is -2.38. The van der Waals surface area contributed by atoms with Crippen molar-refractivity contribution < 1.29 is 13.2 Å². The average Bonchev–Trinajstić information content (AvgIpc) is 3.11. The highest BCUT2D eigenvalue weighted by Crippen LogP contribution is 2.24. The van der Waals surface area contributed by atoms with Gasteiger partial charge in [-0.2, -0.15) is 0 Å². The van der Waals surface area contributed by atoms with Crippen LogP contribution in [0.2, 0.25) is 0 Å². The Morgan fingerprint density at radius 1 is 1.18 bits per heavy atom. The Morgan fingerprint density at radius 3 is 2.68 bits per heavy atom. The Kier molecular flexibility index (Phi) is 5.07. The Balaban J connectivity index is 1.63. The summed E-state index contributed by atoms with van der Waals surface area (Å²) < 4.78 is 31.9. The van der Waals surface area contributed by atoms with E-state index in [0.29, 0.717) is 16.4 Å². The molecule has 3 heterocycles. The molecule has 148 valence electrons. The van der Waals surface area contributed by atoms with E-state index in [9.17, 15) is 8.42 Å². The van der Waals surface area contributed by atoms with Gasteiger partial charge >= 0.3 is 0 Å². The maximum atomic E-state index is 12.0. The minimum absolute atomic E-state index is 0.0839. The molecule has 0 N–H and O–H groups in total. The number of sulfone groups is 1. The van der Waals surface area contributed by atoms with Crippen LogP contribution in [0, 0.1) is 0 Å². The lowest BCUT2D eigenvalue weighted by molar-refractivity contribution is 0.0988. The van der Waals surface area contributed by atoms with Crippen molar-refractivity contribution in [2.45, 2.75) is 30.8 Å². The molecule has 8 heteroatoms. The molecule has 1 fully saturated rings. The Hall–Kier alpha value is -2.45. The highest BCUT2D eigenvalue weighted by Gasteiger charge is 2.20. The van der Waals surface area contributed by atoms with Crippen molar-refractivity contribution in [1.29, 1.82) is 0 Å². The fourth-order valence-corrected chi connectivity index (χ4v) is 4.39. The minimum atomic E-state index is -3.22. The van der Waals surface area contributed by atoms with Gasteiger partial charge < -0.3 is 9.64 Å². The molecule has 28 heavy (non-hydrogen) atoms. The third kappa shape index (κ3) is 3.74. The molecule has 1 saturated heterocycles. The lowest BCUT2D eigenvalue weighted by Gasteiger charge is -2.29. The van der Waals surface area contributed by atoms with Gasteiger partial charge in [-0.25, -0.2) is 17.9 Å². The topological polar surface area (TPSA) is 76.8 Å². The predicted octanol–water partition coefficient (Wildman–Crippen LogP) is 2.66. The second-order valence-electron chi connectivity index (χ2n) is 7.16. The van der Waals surface area contributed by atoms with E-state index in [4.69, 9.17) is 4.74 Å². The van der Waals surface area contributed by atoms with Crippen molar-refractivity contribution in [3.05, 3.63) is 42.6 Å². The van der Waals surface area contributed by atoms with Crippen LogP contribution < -0.4 is 4.74 Å². The van der Waals surface area contributed by atoms with Gasteiger partial charge in [-0.1, -0.05) is 19.1 Å². The average molecular weight is 401 g/mol. The Labute approximate surface area is 164 Å². The number of hydrogen-bond donors (Lipinski definition) is 0. The Bertz CT molecular complexity index is 1080. The summed E-state index contributed by atoms with van der Waals surface area (Å²) in [7, 11) is -1.12. The van der Waals surface area contributed by atoms with Crippen LogP contribution in [0.3, 0.4) is 0 Å². The normalized spacial score (nSPS) is 18.4. The first kappa shape index (κ1) is 18.9. The van der Waals surface area contributed by atoms with Gasteiger partial charge in [-0.15, -0.1) is 5.10 Å². The number of fused-ring (bicyclic) bond motifs is 1. The van der Waals surface area contributed by atoms with Crippen molar-refractivity contribution in [3.63, 3.8) is 0 Å². The second-order valence-corrected chi connectivity index (χ2v) is 9.44. The number of rotatable bonds is 5. The highest BCUT2D eigenvalue weighted by atomic mass is 32.2. The second kappa shape index (κ2) is 7.52. The molecule has 1 atom stereocenters. The number of nitrogens with zero attached hydrogens (tertiary/aromatic N) is 4. The van der Waals surface area contributed by atoms with Crippen LogP contribution in [-0.2, 0) is 9.84 Å². The van der Waals surface area contributed by atoms with E-state index in [2.05, 4.69) is 22.0 Å².